The Morgan fingerprint density at radius 2 is 0.768 bits per heavy atom. The molecule has 0 aromatic carbocycles. The van der Waals surface area contributed by atoms with E-state index in [9.17, 15) is 30.3 Å². The molecule has 1 fully saturated rings. The molecule has 0 aromatic heterocycles. The summed E-state index contributed by atoms with van der Waals surface area (Å²) in [5.41, 5.74) is 0. The first-order valence-electron chi connectivity index (χ1n) is 33.4. The largest absolute Gasteiger partial charge is 0.394 e. The summed E-state index contributed by atoms with van der Waals surface area (Å²) in [5, 5.41) is 54.7. The normalized spacial score (nSPS) is 19.2. The summed E-state index contributed by atoms with van der Waals surface area (Å²) in [6.07, 6.45) is 85.3. The third-order valence-corrected chi connectivity index (χ3v) is 14.9. The molecule has 0 radical (unpaired) electrons. The SMILES string of the molecule is CC/C=C\C/C=C\C/C=C\C/C=C\C/C=C\C/C=C\C/C=C\C/C=C\CCCCCCCCCCCCC(=O)NC(COC1OC(CO)C(O)C(O)C1O)C(O)/C=C/CC/C=C/CC/C=C/CCCCCCCCCCCCCCCC. The van der Waals surface area contributed by atoms with E-state index in [0.29, 0.717) is 6.42 Å². The Kier molecular flexibility index (Phi) is 56.3. The van der Waals surface area contributed by atoms with E-state index >= 15 is 0 Å². The van der Waals surface area contributed by atoms with Crippen molar-refractivity contribution in [1.82, 2.24) is 5.32 Å². The molecular formula is C73H123NO8. The van der Waals surface area contributed by atoms with Crippen molar-refractivity contribution in [2.75, 3.05) is 13.2 Å². The predicted octanol–water partition coefficient (Wildman–Crippen LogP) is 18.0. The Labute approximate surface area is 502 Å². The van der Waals surface area contributed by atoms with Crippen LogP contribution in [0.15, 0.2) is 134 Å². The van der Waals surface area contributed by atoms with E-state index in [1.165, 1.54) is 128 Å². The standard InChI is InChI=1S/C73H123NO8/c1-3-5-7-9-11-13-15-17-19-21-23-25-27-29-30-31-32-33-34-35-36-37-38-39-41-43-45-47-49-51-53-55-57-59-61-63-69(77)74-66(65-81-73-72(80)71(79)70(78)68(64-75)82-73)67(76)62-60-58-56-54-52-50-48-46-44-42-40-28-26-24-22-20-18-16-14-12-10-8-6-4-2/h5,7,11,13,17,19,23,25,29-30,32-33,35-36,38-39,44,46,52,54,60,62,66-68,70-73,75-76,78-80H,3-4,6,8-10,12,14-16,18,20-22,24,26-28,31,34,37,40-43,45,47-51,53,55-59,61,63-65H2,1-2H3,(H,74,77)/b7-5-,13-11-,19-17-,25-23-,30-29-,33-32-,36-35-,39-38-,46-44+,54-52+,62-60+. The minimum Gasteiger partial charge on any atom is -0.394 e. The van der Waals surface area contributed by atoms with Crippen LogP contribution in [0.25, 0.3) is 0 Å². The third-order valence-electron chi connectivity index (χ3n) is 14.9. The van der Waals surface area contributed by atoms with Crippen LogP contribution in [0.4, 0.5) is 0 Å². The number of amides is 1. The van der Waals surface area contributed by atoms with Crippen molar-refractivity contribution in [2.24, 2.45) is 0 Å². The zero-order valence-corrected chi connectivity index (χ0v) is 52.2. The Hall–Kier alpha value is -3.67. The van der Waals surface area contributed by atoms with Crippen LogP contribution >= 0.6 is 0 Å². The second kappa shape index (κ2) is 60.5. The average Bonchev–Trinajstić information content (AvgIpc) is 3.52. The second-order valence-electron chi connectivity index (χ2n) is 22.5. The minimum atomic E-state index is -1.58. The van der Waals surface area contributed by atoms with Gasteiger partial charge in [-0.1, -0.05) is 282 Å². The molecule has 1 aliphatic rings. The lowest BCUT2D eigenvalue weighted by atomic mass is 9.99. The molecule has 7 atom stereocenters. The van der Waals surface area contributed by atoms with Crippen molar-refractivity contribution in [2.45, 2.75) is 307 Å². The Balaban J connectivity index is 2.21. The summed E-state index contributed by atoms with van der Waals surface area (Å²) in [6.45, 7) is 3.65. The summed E-state index contributed by atoms with van der Waals surface area (Å²) in [6, 6.07) is -0.841. The highest BCUT2D eigenvalue weighted by Crippen LogP contribution is 2.23. The first kappa shape index (κ1) is 76.3. The van der Waals surface area contributed by atoms with Crippen LogP contribution in [0.5, 0.6) is 0 Å². The fourth-order valence-corrected chi connectivity index (χ4v) is 9.73. The van der Waals surface area contributed by atoms with Gasteiger partial charge < -0.3 is 40.3 Å². The van der Waals surface area contributed by atoms with E-state index < -0.39 is 49.5 Å². The average molecular weight is 1140 g/mol. The van der Waals surface area contributed by atoms with Crippen LogP contribution in [-0.4, -0.2) is 87.5 Å². The van der Waals surface area contributed by atoms with Crippen molar-refractivity contribution < 1.29 is 39.8 Å². The summed E-state index contributed by atoms with van der Waals surface area (Å²) >= 11 is 0. The molecule has 82 heavy (non-hydrogen) atoms. The van der Waals surface area contributed by atoms with E-state index in [0.717, 1.165) is 116 Å². The molecule has 0 bridgehead atoms. The van der Waals surface area contributed by atoms with Crippen LogP contribution < -0.4 is 5.32 Å². The van der Waals surface area contributed by atoms with Crippen LogP contribution in [-0.2, 0) is 14.3 Å². The molecule has 7 unspecified atom stereocenters. The van der Waals surface area contributed by atoms with E-state index in [1.54, 1.807) is 6.08 Å². The van der Waals surface area contributed by atoms with Crippen molar-refractivity contribution in [3.05, 3.63) is 134 Å². The summed E-state index contributed by atoms with van der Waals surface area (Å²) < 4.78 is 11.3. The quantitative estimate of drug-likeness (QED) is 0.0261. The zero-order valence-electron chi connectivity index (χ0n) is 52.2. The molecule has 0 aromatic rings. The summed E-state index contributed by atoms with van der Waals surface area (Å²) in [5.74, 6) is -0.199. The Bertz CT molecular complexity index is 1750. The molecule has 1 amide bonds. The smallest absolute Gasteiger partial charge is 0.220 e. The van der Waals surface area contributed by atoms with Crippen LogP contribution in [0.3, 0.4) is 0 Å². The van der Waals surface area contributed by atoms with Crippen molar-refractivity contribution >= 4 is 5.91 Å². The van der Waals surface area contributed by atoms with Gasteiger partial charge in [0, 0.05) is 6.42 Å². The highest BCUT2D eigenvalue weighted by Gasteiger charge is 2.44. The predicted molar refractivity (Wildman–Crippen MR) is 350 cm³/mol. The highest BCUT2D eigenvalue weighted by molar-refractivity contribution is 5.76. The van der Waals surface area contributed by atoms with Gasteiger partial charge in [-0.25, -0.2) is 0 Å². The monoisotopic (exact) mass is 1140 g/mol. The molecule has 6 N–H and O–H groups in total. The lowest BCUT2D eigenvalue weighted by molar-refractivity contribution is -0.302. The fourth-order valence-electron chi connectivity index (χ4n) is 9.73. The lowest BCUT2D eigenvalue weighted by Crippen LogP contribution is -2.60. The van der Waals surface area contributed by atoms with Gasteiger partial charge in [-0.3, -0.25) is 4.79 Å². The third kappa shape index (κ3) is 48.7. The number of hydrogen-bond acceptors (Lipinski definition) is 8. The summed E-state index contributed by atoms with van der Waals surface area (Å²) in [4.78, 5) is 13.1. The Morgan fingerprint density at radius 1 is 0.427 bits per heavy atom. The molecule has 1 aliphatic heterocycles. The molecule has 1 heterocycles. The van der Waals surface area contributed by atoms with Gasteiger partial charge in [0.15, 0.2) is 6.29 Å². The van der Waals surface area contributed by atoms with Crippen molar-refractivity contribution in [1.29, 1.82) is 0 Å². The molecule has 0 aliphatic carbocycles. The van der Waals surface area contributed by atoms with Gasteiger partial charge in [0.05, 0.1) is 25.4 Å². The van der Waals surface area contributed by atoms with E-state index in [4.69, 9.17) is 9.47 Å². The number of aliphatic hydroxyl groups is 5. The molecule has 1 saturated heterocycles. The second-order valence-corrected chi connectivity index (χ2v) is 22.5. The number of carbonyl (C=O) groups is 1. The number of rotatable bonds is 56. The molecule has 9 heteroatoms. The molecule has 1 rings (SSSR count). The molecule has 0 saturated carbocycles. The van der Waals surface area contributed by atoms with E-state index in [-0.39, 0.29) is 12.5 Å². The minimum absolute atomic E-state index is 0.199. The van der Waals surface area contributed by atoms with Gasteiger partial charge in [0.1, 0.15) is 24.4 Å². The topological polar surface area (TPSA) is 149 Å². The van der Waals surface area contributed by atoms with Crippen LogP contribution in [0.1, 0.15) is 264 Å². The van der Waals surface area contributed by atoms with Gasteiger partial charge in [-0.2, -0.15) is 0 Å². The van der Waals surface area contributed by atoms with Crippen molar-refractivity contribution in [3.8, 4) is 0 Å². The summed E-state index contributed by atoms with van der Waals surface area (Å²) in [7, 11) is 0. The van der Waals surface area contributed by atoms with Gasteiger partial charge in [-0.05, 0) is 109 Å². The van der Waals surface area contributed by atoms with Crippen molar-refractivity contribution in [3.63, 3.8) is 0 Å². The van der Waals surface area contributed by atoms with E-state index in [2.05, 4.69) is 141 Å². The Morgan fingerprint density at radius 3 is 1.17 bits per heavy atom. The maximum atomic E-state index is 13.1. The molecule has 0 spiro atoms. The number of nitrogens with one attached hydrogen (secondary N) is 1. The molecule has 9 nitrogen and oxygen atoms in total. The number of unbranched alkanes of at least 4 members (excludes halogenated alkanes) is 26. The maximum Gasteiger partial charge on any atom is 0.220 e. The van der Waals surface area contributed by atoms with Crippen LogP contribution in [0.2, 0.25) is 0 Å². The maximum absolute atomic E-state index is 13.1. The van der Waals surface area contributed by atoms with Crippen LogP contribution in [0, 0.1) is 0 Å². The first-order valence-corrected chi connectivity index (χ1v) is 33.4. The lowest BCUT2D eigenvalue weighted by Gasteiger charge is -2.40. The highest BCUT2D eigenvalue weighted by atomic mass is 16.7. The zero-order chi connectivity index (χ0) is 59.3. The molecule has 468 valence electrons. The molecular weight excluding hydrogens is 1020 g/mol. The fraction of sp³-hybridized carbons (Fsp3) is 0.685. The first-order chi connectivity index (χ1) is 40.3. The number of aliphatic hydroxyl groups excluding tert-OH is 5. The number of carbonyl (C=O) groups excluding carboxylic acids is 1. The number of hydrogen-bond donors (Lipinski definition) is 6. The van der Waals surface area contributed by atoms with Gasteiger partial charge in [-0.15, -0.1) is 0 Å². The van der Waals surface area contributed by atoms with Gasteiger partial charge >= 0.3 is 0 Å². The number of allylic oxidation sites excluding steroid dienone is 21. The number of ether oxygens (including phenoxy) is 2. The van der Waals surface area contributed by atoms with Gasteiger partial charge in [0.25, 0.3) is 0 Å². The van der Waals surface area contributed by atoms with E-state index in [1.807, 2.05) is 6.08 Å². The van der Waals surface area contributed by atoms with Gasteiger partial charge in [0.2, 0.25) is 5.91 Å².